The predicted octanol–water partition coefficient (Wildman–Crippen LogP) is 3.79. The van der Waals surface area contributed by atoms with E-state index in [2.05, 4.69) is 42.5 Å². The van der Waals surface area contributed by atoms with Gasteiger partial charge >= 0.3 is 0 Å². The monoisotopic (exact) mass is 495 g/mol. The maximum atomic E-state index is 6.43. The quantitative estimate of drug-likeness (QED) is 0.366. The summed E-state index contributed by atoms with van der Waals surface area (Å²) in [6.45, 7) is 5.04. The molecule has 0 spiro atoms. The fourth-order valence-corrected chi connectivity index (χ4v) is 5.93. The van der Waals surface area contributed by atoms with Crippen molar-refractivity contribution in [1.29, 1.82) is 0 Å². The molecule has 5 heterocycles. The zero-order valence-corrected chi connectivity index (χ0v) is 20.7. The van der Waals surface area contributed by atoms with Crippen molar-refractivity contribution in [1.82, 2.24) is 34.1 Å². The maximum Gasteiger partial charge on any atom is 0.158 e. The third-order valence-electron chi connectivity index (χ3n) is 7.83. The Labute approximate surface area is 214 Å². The minimum absolute atomic E-state index is 0.364. The van der Waals surface area contributed by atoms with E-state index in [1.165, 1.54) is 24.7 Å². The van der Waals surface area contributed by atoms with Gasteiger partial charge in [0.2, 0.25) is 0 Å². The predicted molar refractivity (Wildman–Crippen MR) is 140 cm³/mol. The molecule has 1 aromatic carbocycles. The standard InChI is InChI=1S/C27H29N9O/c1-17-10-21(4-5-23(17)37-22-7-9-35-24(11-22)29-15-31-35)33-27-26-20(6-8-36(26)32-16-30-27)14-34-12-18-2-3-19(13-34)25(18)28/h4-11,15-16,18-19,25H,2-3,12-14,28H2,1H3,(H,30,32,33)/t18-,19+,25+. The molecule has 1 aliphatic heterocycles. The van der Waals surface area contributed by atoms with Gasteiger partial charge in [-0.2, -0.15) is 10.2 Å². The number of aromatic nitrogens is 6. The molecule has 37 heavy (non-hydrogen) atoms. The first kappa shape index (κ1) is 22.2. The Morgan fingerprint density at radius 1 is 0.973 bits per heavy atom. The molecule has 0 amide bonds. The normalized spacial score (nSPS) is 21.6. The number of anilines is 2. The van der Waals surface area contributed by atoms with Gasteiger partial charge in [-0.1, -0.05) is 0 Å². The number of aryl methyl sites for hydroxylation is 1. The first-order valence-electron chi connectivity index (χ1n) is 12.7. The van der Waals surface area contributed by atoms with Gasteiger partial charge in [-0.25, -0.2) is 19.0 Å². The van der Waals surface area contributed by atoms with Crippen molar-refractivity contribution in [2.45, 2.75) is 32.4 Å². The number of pyridine rings is 1. The van der Waals surface area contributed by atoms with E-state index in [0.29, 0.717) is 23.6 Å². The number of fused-ring (bicyclic) bond motifs is 4. The van der Waals surface area contributed by atoms with E-state index in [9.17, 15) is 0 Å². The summed E-state index contributed by atoms with van der Waals surface area (Å²) < 4.78 is 9.74. The molecule has 2 bridgehead atoms. The lowest BCUT2D eigenvalue weighted by Crippen LogP contribution is -2.48. The average Bonchev–Trinajstić information content (AvgIpc) is 3.57. The molecule has 0 unspecified atom stereocenters. The fraction of sp³-hybridized carbons (Fsp3) is 0.333. The van der Waals surface area contributed by atoms with E-state index in [0.717, 1.165) is 53.6 Å². The second kappa shape index (κ2) is 8.82. The minimum atomic E-state index is 0.364. The van der Waals surface area contributed by atoms with E-state index in [4.69, 9.17) is 10.5 Å². The molecule has 0 radical (unpaired) electrons. The highest BCUT2D eigenvalue weighted by Gasteiger charge is 2.39. The van der Waals surface area contributed by atoms with E-state index in [1.807, 2.05) is 48.1 Å². The van der Waals surface area contributed by atoms with Crippen LogP contribution in [0.25, 0.3) is 11.2 Å². The van der Waals surface area contributed by atoms with Gasteiger partial charge in [0.05, 0.1) is 0 Å². The van der Waals surface area contributed by atoms with Crippen LogP contribution >= 0.6 is 0 Å². The van der Waals surface area contributed by atoms with Crippen LogP contribution in [-0.4, -0.2) is 53.2 Å². The van der Waals surface area contributed by atoms with Crippen molar-refractivity contribution in [3.05, 3.63) is 72.6 Å². The summed E-state index contributed by atoms with van der Waals surface area (Å²) in [6, 6.07) is 12.3. The molecule has 3 N–H and O–H groups in total. The smallest absolute Gasteiger partial charge is 0.158 e. The van der Waals surface area contributed by atoms with Crippen LogP contribution in [0.4, 0.5) is 11.5 Å². The molecule has 5 aromatic rings. The Kier molecular flexibility index (Phi) is 5.29. The zero-order valence-electron chi connectivity index (χ0n) is 20.7. The van der Waals surface area contributed by atoms with E-state index >= 15 is 0 Å². The Morgan fingerprint density at radius 3 is 2.59 bits per heavy atom. The number of nitrogens with two attached hydrogens (primary N) is 1. The summed E-state index contributed by atoms with van der Waals surface area (Å²) in [5.41, 5.74) is 11.3. The van der Waals surface area contributed by atoms with Crippen LogP contribution in [0, 0.1) is 18.8 Å². The summed E-state index contributed by atoms with van der Waals surface area (Å²) in [6.07, 6.45) is 9.46. The molecule has 4 aromatic heterocycles. The van der Waals surface area contributed by atoms with Gasteiger partial charge in [0.15, 0.2) is 11.5 Å². The number of ether oxygens (including phenoxy) is 1. The van der Waals surface area contributed by atoms with Crippen LogP contribution in [0.15, 0.2) is 61.4 Å². The lowest BCUT2D eigenvalue weighted by atomic mass is 9.93. The number of rotatable bonds is 6. The molecular weight excluding hydrogens is 466 g/mol. The molecule has 10 nitrogen and oxygen atoms in total. The molecule has 2 fully saturated rings. The molecule has 1 aliphatic carbocycles. The van der Waals surface area contributed by atoms with Crippen LogP contribution in [0.1, 0.15) is 24.0 Å². The lowest BCUT2D eigenvalue weighted by Gasteiger charge is -2.36. The van der Waals surface area contributed by atoms with Crippen LogP contribution < -0.4 is 15.8 Å². The van der Waals surface area contributed by atoms with Gasteiger partial charge < -0.3 is 15.8 Å². The highest BCUT2D eigenvalue weighted by Crippen LogP contribution is 2.37. The van der Waals surface area contributed by atoms with Crippen molar-refractivity contribution in [3.63, 3.8) is 0 Å². The van der Waals surface area contributed by atoms with Crippen molar-refractivity contribution in [2.75, 3.05) is 18.4 Å². The molecule has 188 valence electrons. The molecular formula is C27H29N9O. The fourth-order valence-electron chi connectivity index (χ4n) is 5.93. The third-order valence-corrected chi connectivity index (χ3v) is 7.83. The zero-order chi connectivity index (χ0) is 24.9. The molecule has 1 saturated carbocycles. The van der Waals surface area contributed by atoms with Gasteiger partial charge in [0.25, 0.3) is 0 Å². The van der Waals surface area contributed by atoms with Gasteiger partial charge in [-0.05, 0) is 73.1 Å². The molecule has 1 saturated heterocycles. The molecule has 10 heteroatoms. The highest BCUT2D eigenvalue weighted by atomic mass is 16.5. The van der Waals surface area contributed by atoms with E-state index in [1.54, 1.807) is 10.8 Å². The second-order valence-corrected chi connectivity index (χ2v) is 10.2. The summed E-state index contributed by atoms with van der Waals surface area (Å²) in [4.78, 5) is 11.4. The summed E-state index contributed by atoms with van der Waals surface area (Å²) in [5.74, 6) is 3.51. The summed E-state index contributed by atoms with van der Waals surface area (Å²) >= 11 is 0. The van der Waals surface area contributed by atoms with Crippen LogP contribution in [-0.2, 0) is 6.54 Å². The molecule has 7 rings (SSSR count). The third kappa shape index (κ3) is 4.08. The van der Waals surface area contributed by atoms with Gasteiger partial charge in [0.1, 0.15) is 29.7 Å². The Bertz CT molecular complexity index is 1580. The second-order valence-electron chi connectivity index (χ2n) is 10.2. The lowest BCUT2D eigenvalue weighted by molar-refractivity contribution is 0.141. The largest absolute Gasteiger partial charge is 0.457 e. The molecule has 3 atom stereocenters. The molecule has 2 aliphatic rings. The number of likely N-dealkylation sites (tertiary alicyclic amines) is 1. The first-order valence-corrected chi connectivity index (χ1v) is 12.7. The van der Waals surface area contributed by atoms with E-state index in [-0.39, 0.29) is 0 Å². The van der Waals surface area contributed by atoms with Gasteiger partial charge in [-0.3, -0.25) is 4.90 Å². The topological polar surface area (TPSA) is 111 Å². The minimum Gasteiger partial charge on any atom is -0.457 e. The van der Waals surface area contributed by atoms with Crippen LogP contribution in [0.5, 0.6) is 11.5 Å². The van der Waals surface area contributed by atoms with Crippen molar-refractivity contribution in [2.24, 2.45) is 17.6 Å². The van der Waals surface area contributed by atoms with Crippen LogP contribution in [0.2, 0.25) is 0 Å². The Hall–Kier alpha value is -4.02. The average molecular weight is 496 g/mol. The summed E-state index contributed by atoms with van der Waals surface area (Å²) in [7, 11) is 0. The number of nitrogens with zero attached hydrogens (tertiary/aromatic N) is 7. The Balaban J connectivity index is 1.11. The van der Waals surface area contributed by atoms with Gasteiger partial charge in [-0.15, -0.1) is 0 Å². The van der Waals surface area contributed by atoms with Crippen molar-refractivity contribution < 1.29 is 4.74 Å². The number of nitrogens with one attached hydrogen (secondary N) is 1. The number of piperidine rings is 1. The van der Waals surface area contributed by atoms with E-state index < -0.39 is 0 Å². The number of hydrogen-bond acceptors (Lipinski definition) is 8. The SMILES string of the molecule is Cc1cc(Nc2ncnn3ccc(CN4C[C@H]5CC[C@@H](C4)[C@H]5N)c23)ccc1Oc1ccn2ncnc2c1. The first-order chi connectivity index (χ1) is 18.1. The van der Waals surface area contributed by atoms with Gasteiger partial charge in [0, 0.05) is 49.8 Å². The highest BCUT2D eigenvalue weighted by molar-refractivity contribution is 5.76. The number of hydrogen-bond donors (Lipinski definition) is 2. The Morgan fingerprint density at radius 2 is 1.76 bits per heavy atom. The summed E-state index contributed by atoms with van der Waals surface area (Å²) in [5, 5.41) is 12.1. The van der Waals surface area contributed by atoms with Crippen molar-refractivity contribution >= 4 is 22.7 Å². The van der Waals surface area contributed by atoms with Crippen LogP contribution in [0.3, 0.4) is 0 Å². The van der Waals surface area contributed by atoms with Crippen molar-refractivity contribution in [3.8, 4) is 11.5 Å². The number of benzene rings is 1. The maximum absolute atomic E-state index is 6.43.